The van der Waals surface area contributed by atoms with Crippen molar-refractivity contribution in [1.82, 2.24) is 20.1 Å². The van der Waals surface area contributed by atoms with E-state index in [2.05, 4.69) is 15.4 Å². The van der Waals surface area contributed by atoms with Crippen LogP contribution in [0.25, 0.3) is 0 Å². The Morgan fingerprint density at radius 3 is 2.33 bits per heavy atom. The summed E-state index contributed by atoms with van der Waals surface area (Å²) in [5.41, 5.74) is 5.52. The minimum atomic E-state index is -2.67. The normalized spacial score (nSPS) is 11.7. The van der Waals surface area contributed by atoms with Gasteiger partial charge >= 0.3 is 14.8 Å². The molecule has 24 heavy (non-hydrogen) atoms. The summed E-state index contributed by atoms with van der Waals surface area (Å²) in [7, 11) is -2.67. The van der Waals surface area contributed by atoms with E-state index < -0.39 is 8.80 Å². The average molecular weight is 378 g/mol. The zero-order chi connectivity index (χ0) is 18.0. The van der Waals surface area contributed by atoms with Gasteiger partial charge in [-0.25, -0.2) is 4.79 Å². The summed E-state index contributed by atoms with van der Waals surface area (Å²) in [5.74, 6) is 0.0740. The van der Waals surface area contributed by atoms with Gasteiger partial charge in [-0.3, -0.25) is 0 Å². The molecule has 1 rings (SSSR count). The fourth-order valence-corrected chi connectivity index (χ4v) is 5.25. The monoisotopic (exact) mass is 377 g/mol. The molecule has 0 fully saturated rings. The van der Waals surface area contributed by atoms with E-state index in [1.165, 1.54) is 11.8 Å². The molecule has 3 N–H and O–H groups in total. The predicted molar refractivity (Wildman–Crippen MR) is 95.1 cm³/mol. The largest absolute Gasteiger partial charge is 0.500 e. The van der Waals surface area contributed by atoms with Gasteiger partial charge in [-0.15, -0.1) is 5.10 Å². The Labute approximate surface area is 148 Å². The number of hydrogen-bond acceptors (Lipinski definition) is 8. The molecule has 1 aromatic heterocycles. The summed E-state index contributed by atoms with van der Waals surface area (Å²) in [4.78, 5) is 16.1. The van der Waals surface area contributed by atoms with Crippen LogP contribution in [0.5, 0.6) is 0 Å². The Morgan fingerprint density at radius 1 is 1.25 bits per heavy atom. The molecule has 0 bridgehead atoms. The number of nitrogens with zero attached hydrogens (tertiary/aromatic N) is 3. The zero-order valence-corrected chi connectivity index (χ0v) is 16.5. The number of anilines is 1. The van der Waals surface area contributed by atoms with Crippen LogP contribution >= 0.6 is 11.8 Å². The van der Waals surface area contributed by atoms with Crippen molar-refractivity contribution in [3.05, 3.63) is 0 Å². The first-order valence-corrected chi connectivity index (χ1v) is 11.1. The van der Waals surface area contributed by atoms with Crippen LogP contribution in [0.3, 0.4) is 0 Å². The van der Waals surface area contributed by atoms with Crippen LogP contribution in [0, 0.1) is 0 Å². The van der Waals surface area contributed by atoms with Crippen LogP contribution in [0.15, 0.2) is 5.16 Å². The van der Waals surface area contributed by atoms with Crippen LogP contribution < -0.4 is 11.1 Å². The van der Waals surface area contributed by atoms with E-state index in [1.54, 1.807) is 6.26 Å². The van der Waals surface area contributed by atoms with E-state index in [0.29, 0.717) is 44.0 Å². The van der Waals surface area contributed by atoms with Crippen molar-refractivity contribution < 1.29 is 18.1 Å². The molecule has 1 heterocycles. The van der Waals surface area contributed by atoms with E-state index in [0.717, 1.165) is 4.68 Å². The first kappa shape index (κ1) is 20.9. The fraction of sp³-hybridized carbons (Fsp3) is 0.769. The Balaban J connectivity index is 2.53. The quantitative estimate of drug-likeness (QED) is 0.339. The molecule has 0 aromatic carbocycles. The number of hydrogen-bond donors (Lipinski definition) is 2. The Kier molecular flexibility index (Phi) is 9.29. The van der Waals surface area contributed by atoms with Crippen molar-refractivity contribution >= 4 is 32.5 Å². The van der Waals surface area contributed by atoms with E-state index in [-0.39, 0.29) is 12.0 Å². The van der Waals surface area contributed by atoms with Crippen molar-refractivity contribution in [3.8, 4) is 0 Å². The smallest absolute Gasteiger partial charge is 0.374 e. The molecule has 0 spiro atoms. The second-order valence-corrected chi connectivity index (χ2v) is 8.19. The van der Waals surface area contributed by atoms with Gasteiger partial charge in [0.05, 0.1) is 0 Å². The summed E-state index contributed by atoms with van der Waals surface area (Å²) >= 11 is 1.30. The zero-order valence-electron chi connectivity index (χ0n) is 14.7. The number of rotatable bonds is 11. The topological polar surface area (TPSA) is 114 Å². The SMILES string of the molecule is CCO[Si](CCCNC(=O)n1nc(N)nc1SC)(OCC)OCC. The second-order valence-electron chi connectivity index (χ2n) is 4.69. The van der Waals surface area contributed by atoms with Gasteiger partial charge in [0.15, 0.2) is 5.16 Å². The Bertz CT molecular complexity index is 500. The molecule has 1 amide bonds. The van der Waals surface area contributed by atoms with Crippen LogP contribution in [0.1, 0.15) is 27.2 Å². The highest BCUT2D eigenvalue weighted by Crippen LogP contribution is 2.18. The molecule has 0 aliphatic carbocycles. The summed E-state index contributed by atoms with van der Waals surface area (Å²) < 4.78 is 18.5. The number of nitrogens with two attached hydrogens (primary N) is 1. The van der Waals surface area contributed by atoms with Crippen molar-refractivity contribution in [3.63, 3.8) is 0 Å². The van der Waals surface area contributed by atoms with Gasteiger partial charge in [-0.2, -0.15) is 9.67 Å². The molecule has 0 saturated carbocycles. The molecule has 1 aromatic rings. The van der Waals surface area contributed by atoms with Gasteiger partial charge in [0, 0.05) is 32.4 Å². The third kappa shape index (κ3) is 6.05. The van der Waals surface area contributed by atoms with Gasteiger partial charge in [-0.1, -0.05) is 11.8 Å². The fourth-order valence-electron chi connectivity index (χ4n) is 2.15. The number of nitrogen functional groups attached to an aromatic ring is 1. The minimum Gasteiger partial charge on any atom is -0.374 e. The molecule has 9 nitrogen and oxygen atoms in total. The molecule has 0 unspecified atom stereocenters. The van der Waals surface area contributed by atoms with Gasteiger partial charge in [0.2, 0.25) is 5.95 Å². The number of amides is 1. The third-order valence-corrected chi connectivity index (χ3v) is 6.78. The standard InChI is InChI=1S/C13H27N5O4SSi/c1-5-20-24(21-6-2,22-7-3)10-8-9-15-12(19)18-13(23-4)16-11(14)17-18/h5-10H2,1-4H3,(H2,14,17)(H,15,19). The highest BCUT2D eigenvalue weighted by Gasteiger charge is 2.39. The molecule has 11 heteroatoms. The van der Waals surface area contributed by atoms with Gasteiger partial charge in [-0.05, 0) is 33.4 Å². The highest BCUT2D eigenvalue weighted by atomic mass is 32.2. The van der Waals surface area contributed by atoms with Gasteiger partial charge in [0.25, 0.3) is 0 Å². The van der Waals surface area contributed by atoms with Gasteiger partial charge < -0.3 is 24.3 Å². The first-order valence-electron chi connectivity index (χ1n) is 7.98. The third-order valence-electron chi connectivity index (χ3n) is 3.00. The molecule has 0 aliphatic rings. The van der Waals surface area contributed by atoms with Crippen LogP contribution in [0.2, 0.25) is 6.04 Å². The molecule has 138 valence electrons. The molecule has 0 radical (unpaired) electrons. The number of thioether (sulfide) groups is 1. The second kappa shape index (κ2) is 10.7. The van der Waals surface area contributed by atoms with Crippen LogP contribution in [-0.4, -0.2) is 62.2 Å². The Hall–Kier alpha value is -1.14. The first-order chi connectivity index (χ1) is 11.5. The lowest BCUT2D eigenvalue weighted by atomic mass is 10.5. The van der Waals surface area contributed by atoms with Crippen molar-refractivity contribution in [2.24, 2.45) is 0 Å². The highest BCUT2D eigenvalue weighted by molar-refractivity contribution is 7.98. The minimum absolute atomic E-state index is 0.0740. The van der Waals surface area contributed by atoms with Crippen LogP contribution in [0.4, 0.5) is 10.7 Å². The maximum atomic E-state index is 12.1. The summed E-state index contributed by atoms with van der Waals surface area (Å²) in [6.07, 6.45) is 2.48. The molecule has 0 atom stereocenters. The summed E-state index contributed by atoms with van der Waals surface area (Å²) in [5, 5.41) is 7.13. The molecular weight excluding hydrogens is 350 g/mol. The number of carbonyl (C=O) groups excluding carboxylic acids is 1. The van der Waals surface area contributed by atoms with Crippen molar-refractivity contribution in [2.75, 3.05) is 38.4 Å². The van der Waals surface area contributed by atoms with E-state index >= 15 is 0 Å². The molecular formula is C13H27N5O4SSi. The number of aromatic nitrogens is 3. The lowest BCUT2D eigenvalue weighted by molar-refractivity contribution is 0.0708. The van der Waals surface area contributed by atoms with Crippen LogP contribution in [-0.2, 0) is 13.3 Å². The maximum Gasteiger partial charge on any atom is 0.500 e. The van der Waals surface area contributed by atoms with E-state index in [1.807, 2.05) is 20.8 Å². The molecule has 0 aliphatic heterocycles. The molecule has 0 saturated heterocycles. The Morgan fingerprint density at radius 2 is 1.83 bits per heavy atom. The summed E-state index contributed by atoms with van der Waals surface area (Å²) in [6, 6.07) is 0.276. The lowest BCUT2D eigenvalue weighted by Crippen LogP contribution is -2.46. The van der Waals surface area contributed by atoms with Crippen molar-refractivity contribution in [2.45, 2.75) is 38.4 Å². The number of carbonyl (C=O) groups is 1. The number of nitrogens with one attached hydrogen (secondary N) is 1. The lowest BCUT2D eigenvalue weighted by Gasteiger charge is -2.28. The van der Waals surface area contributed by atoms with E-state index in [9.17, 15) is 4.79 Å². The van der Waals surface area contributed by atoms with E-state index in [4.69, 9.17) is 19.0 Å². The summed E-state index contributed by atoms with van der Waals surface area (Å²) in [6.45, 7) is 7.81. The average Bonchev–Trinajstić information content (AvgIpc) is 2.93. The maximum absolute atomic E-state index is 12.1. The van der Waals surface area contributed by atoms with Crippen molar-refractivity contribution in [1.29, 1.82) is 0 Å². The predicted octanol–water partition coefficient (Wildman–Crippen LogP) is 1.58. The van der Waals surface area contributed by atoms with Gasteiger partial charge in [0.1, 0.15) is 0 Å².